The fraction of sp³-hybridized carbons (Fsp3) is 0.520. The molecule has 1 heterocycles. The van der Waals surface area contributed by atoms with E-state index in [2.05, 4.69) is 4.98 Å². The van der Waals surface area contributed by atoms with E-state index in [0.717, 1.165) is 0 Å². The van der Waals surface area contributed by atoms with Crippen LogP contribution in [0.15, 0.2) is 47.5 Å². The normalized spacial score (nSPS) is 20.5. The number of hydrogen-bond donors (Lipinski definition) is 2. The Balaban J connectivity index is 1.73. The molecule has 8 nitrogen and oxygen atoms in total. The van der Waals surface area contributed by atoms with E-state index in [1.165, 1.54) is 23.8 Å². The molecule has 0 radical (unpaired) electrons. The Morgan fingerprint density at radius 1 is 1.14 bits per heavy atom. The van der Waals surface area contributed by atoms with Crippen molar-refractivity contribution in [3.05, 3.63) is 48.2 Å². The third-order valence-corrected chi connectivity index (χ3v) is 9.14. The summed E-state index contributed by atoms with van der Waals surface area (Å²) in [6, 6.07) is 9.24. The third kappa shape index (κ3) is 7.07. The van der Waals surface area contributed by atoms with E-state index in [1.807, 2.05) is 0 Å². The average molecular weight is 545 g/mol. The second kappa shape index (κ2) is 12.3. The molecule has 1 aromatic carbocycles. The molecule has 37 heavy (non-hydrogen) atoms. The minimum Gasteiger partial charge on any atom is -0.382 e. The summed E-state index contributed by atoms with van der Waals surface area (Å²) in [4.78, 5) is 16.9. The van der Waals surface area contributed by atoms with Crippen LogP contribution in [0.5, 0.6) is 0 Å². The van der Waals surface area contributed by atoms with Gasteiger partial charge >= 0.3 is 6.18 Å². The summed E-state index contributed by atoms with van der Waals surface area (Å²) in [5.41, 5.74) is 3.34. The number of sulfone groups is 1. The predicted molar refractivity (Wildman–Crippen MR) is 129 cm³/mol. The number of hydroxylamine groups is 1. The number of nitrogens with one attached hydrogen (secondary N) is 1. The van der Waals surface area contributed by atoms with Gasteiger partial charge < -0.3 is 9.47 Å². The summed E-state index contributed by atoms with van der Waals surface area (Å²) >= 11 is 0. The molecular weight excluding hydrogens is 513 g/mol. The smallest absolute Gasteiger partial charge is 0.382 e. The number of ether oxygens (including phenoxy) is 2. The van der Waals surface area contributed by atoms with Crippen molar-refractivity contribution in [3.63, 3.8) is 0 Å². The molecule has 0 unspecified atom stereocenters. The largest absolute Gasteiger partial charge is 0.389 e. The first-order valence-electron chi connectivity index (χ1n) is 11.9. The highest BCUT2D eigenvalue weighted by molar-refractivity contribution is 7.93. The number of aryl methyl sites for hydroxylation is 1. The standard InChI is InChI=1S/C25H31F3N2O6S/c1-35-15-16-36-20-10-13-24(14-11-20,23(31)30-32)37(33,34)21-7-5-19(6-8-21)22-9-4-18(17-29-22)3-2-12-25(26,27)28/h4-9,17,20,32H,2-3,10-16H2,1H3,(H,30,31). The van der Waals surface area contributed by atoms with Gasteiger partial charge in [0.05, 0.1) is 29.9 Å². The molecule has 2 N–H and O–H groups in total. The second-order valence-electron chi connectivity index (χ2n) is 9.05. The molecule has 1 aromatic heterocycles. The summed E-state index contributed by atoms with van der Waals surface area (Å²) in [6.45, 7) is 0.760. The molecule has 0 aliphatic heterocycles. The molecule has 3 rings (SSSR count). The Morgan fingerprint density at radius 3 is 2.35 bits per heavy atom. The number of alkyl halides is 3. The van der Waals surface area contributed by atoms with Crippen LogP contribution in [-0.2, 0) is 30.5 Å². The minimum absolute atomic E-state index is 0.0154. The van der Waals surface area contributed by atoms with Crippen LogP contribution in [0.25, 0.3) is 11.3 Å². The molecule has 204 valence electrons. The lowest BCUT2D eigenvalue weighted by Crippen LogP contribution is -2.54. The first-order valence-corrected chi connectivity index (χ1v) is 13.4. The predicted octanol–water partition coefficient (Wildman–Crippen LogP) is 4.26. The van der Waals surface area contributed by atoms with Gasteiger partial charge in [0, 0.05) is 25.3 Å². The van der Waals surface area contributed by atoms with Gasteiger partial charge in [-0.25, -0.2) is 13.9 Å². The molecule has 0 bridgehead atoms. The first kappa shape index (κ1) is 29.0. The highest BCUT2D eigenvalue weighted by Crippen LogP contribution is 2.40. The summed E-state index contributed by atoms with van der Waals surface area (Å²) in [5, 5.41) is 9.33. The van der Waals surface area contributed by atoms with Gasteiger partial charge in [0.1, 0.15) is 0 Å². The first-order chi connectivity index (χ1) is 17.5. The Bertz CT molecular complexity index is 1130. The van der Waals surface area contributed by atoms with E-state index >= 15 is 0 Å². The molecule has 1 saturated carbocycles. The van der Waals surface area contributed by atoms with Crippen LogP contribution < -0.4 is 5.48 Å². The number of carbonyl (C=O) groups excluding carboxylic acids is 1. The van der Waals surface area contributed by atoms with Crippen LogP contribution in [0, 0.1) is 0 Å². The monoisotopic (exact) mass is 544 g/mol. The fourth-order valence-electron chi connectivity index (χ4n) is 4.51. The summed E-state index contributed by atoms with van der Waals surface area (Å²) in [7, 11) is -2.63. The Hall–Kier alpha value is -2.54. The van der Waals surface area contributed by atoms with Crippen LogP contribution in [0.4, 0.5) is 13.2 Å². The quantitative estimate of drug-likeness (QED) is 0.247. The maximum absolute atomic E-state index is 13.6. The van der Waals surface area contributed by atoms with Crippen LogP contribution in [-0.4, -0.2) is 61.9 Å². The molecule has 2 aromatic rings. The minimum atomic E-state index is -4.19. The zero-order valence-electron chi connectivity index (χ0n) is 20.5. The van der Waals surface area contributed by atoms with Gasteiger partial charge in [0.15, 0.2) is 14.6 Å². The topological polar surface area (TPSA) is 115 Å². The van der Waals surface area contributed by atoms with Crippen LogP contribution in [0.3, 0.4) is 0 Å². The van der Waals surface area contributed by atoms with Crippen LogP contribution in [0.2, 0.25) is 0 Å². The van der Waals surface area contributed by atoms with Crippen molar-refractivity contribution in [2.45, 2.75) is 66.9 Å². The van der Waals surface area contributed by atoms with E-state index in [1.54, 1.807) is 31.4 Å². The molecule has 1 aliphatic rings. The van der Waals surface area contributed by atoms with E-state index in [4.69, 9.17) is 9.47 Å². The lowest BCUT2D eigenvalue weighted by atomic mass is 9.86. The Labute approximate surface area is 214 Å². The van der Waals surface area contributed by atoms with Gasteiger partial charge in [-0.15, -0.1) is 0 Å². The SMILES string of the molecule is COCCOC1CCC(C(=O)NO)(S(=O)(=O)c2ccc(-c3ccc(CCCC(F)(F)F)cn3)cc2)CC1. The molecule has 12 heteroatoms. The summed E-state index contributed by atoms with van der Waals surface area (Å²) in [5.74, 6) is -0.977. The number of pyridine rings is 1. The van der Waals surface area contributed by atoms with Crippen molar-refractivity contribution in [3.8, 4) is 11.3 Å². The van der Waals surface area contributed by atoms with Gasteiger partial charge in [-0.05, 0) is 62.3 Å². The van der Waals surface area contributed by atoms with Gasteiger partial charge in [-0.1, -0.05) is 18.2 Å². The average Bonchev–Trinajstić information content (AvgIpc) is 2.88. The van der Waals surface area contributed by atoms with Gasteiger partial charge in [0.2, 0.25) is 0 Å². The lowest BCUT2D eigenvalue weighted by Gasteiger charge is -2.37. The number of halogens is 3. The molecular formula is C25H31F3N2O6S. The summed E-state index contributed by atoms with van der Waals surface area (Å²) in [6.07, 6.45) is -2.92. The van der Waals surface area contributed by atoms with E-state index in [-0.39, 0.29) is 36.7 Å². The molecule has 1 amide bonds. The Kier molecular flexibility index (Phi) is 9.68. The van der Waals surface area contributed by atoms with E-state index in [9.17, 15) is 31.6 Å². The van der Waals surface area contributed by atoms with Gasteiger partial charge in [0.25, 0.3) is 5.91 Å². The maximum Gasteiger partial charge on any atom is 0.389 e. The molecule has 1 fully saturated rings. The second-order valence-corrected chi connectivity index (χ2v) is 11.3. The third-order valence-electron chi connectivity index (χ3n) is 6.62. The zero-order valence-corrected chi connectivity index (χ0v) is 21.3. The van der Waals surface area contributed by atoms with Crippen molar-refractivity contribution in [2.75, 3.05) is 20.3 Å². The van der Waals surface area contributed by atoms with Gasteiger partial charge in [-0.2, -0.15) is 13.2 Å². The van der Waals surface area contributed by atoms with E-state index < -0.39 is 33.1 Å². The van der Waals surface area contributed by atoms with Crippen molar-refractivity contribution in [1.29, 1.82) is 0 Å². The highest BCUT2D eigenvalue weighted by Gasteiger charge is 2.53. The van der Waals surface area contributed by atoms with Crippen molar-refractivity contribution in [2.24, 2.45) is 0 Å². The molecule has 1 aliphatic carbocycles. The van der Waals surface area contributed by atoms with E-state index in [0.29, 0.717) is 42.9 Å². The fourth-order valence-corrected chi connectivity index (χ4v) is 6.52. The number of hydrogen-bond acceptors (Lipinski definition) is 7. The van der Waals surface area contributed by atoms with Crippen LogP contribution >= 0.6 is 0 Å². The molecule has 0 spiro atoms. The number of amides is 1. The van der Waals surface area contributed by atoms with Crippen LogP contribution in [0.1, 0.15) is 44.1 Å². The van der Waals surface area contributed by atoms with Gasteiger partial charge in [-0.3, -0.25) is 15.0 Å². The maximum atomic E-state index is 13.6. The molecule has 0 atom stereocenters. The van der Waals surface area contributed by atoms with Crippen molar-refractivity contribution in [1.82, 2.24) is 10.5 Å². The number of rotatable bonds is 11. The number of carbonyl (C=O) groups is 1. The Morgan fingerprint density at radius 2 is 1.81 bits per heavy atom. The highest BCUT2D eigenvalue weighted by atomic mass is 32.2. The lowest BCUT2D eigenvalue weighted by molar-refractivity contribution is -0.135. The van der Waals surface area contributed by atoms with Crippen molar-refractivity contribution < 1.29 is 41.1 Å². The van der Waals surface area contributed by atoms with Crippen molar-refractivity contribution >= 4 is 15.7 Å². The molecule has 0 saturated heterocycles. The number of methoxy groups -OCH3 is 1. The number of nitrogens with zero attached hydrogens (tertiary/aromatic N) is 1. The summed E-state index contributed by atoms with van der Waals surface area (Å²) < 4.78 is 73.1. The number of benzene rings is 1. The number of aromatic nitrogens is 1. The zero-order chi connectivity index (χ0) is 27.1.